The molecule has 3 aliphatic carbocycles. The van der Waals surface area contributed by atoms with E-state index in [0.717, 1.165) is 28.3 Å². The van der Waals surface area contributed by atoms with Crippen molar-refractivity contribution in [2.45, 2.75) is 11.5 Å². The average molecular weight is 425 g/mol. The quantitative estimate of drug-likeness (QED) is 0.317. The summed E-state index contributed by atoms with van der Waals surface area (Å²) in [6, 6.07) is 13.0. The van der Waals surface area contributed by atoms with E-state index in [1.165, 1.54) is 0 Å². The number of halogens is 1. The van der Waals surface area contributed by atoms with Crippen LogP contribution in [0.1, 0.15) is 28.2 Å². The number of benzene rings is 2. The third kappa shape index (κ3) is 2.44. The van der Waals surface area contributed by atoms with Gasteiger partial charge in [0.2, 0.25) is 0 Å². The summed E-state index contributed by atoms with van der Waals surface area (Å²) >= 11 is 6.31. The summed E-state index contributed by atoms with van der Waals surface area (Å²) in [4.78, 5) is 36.9. The van der Waals surface area contributed by atoms with Crippen molar-refractivity contribution >= 4 is 29.5 Å². The fourth-order valence-electron chi connectivity index (χ4n) is 5.17. The lowest BCUT2D eigenvalue weighted by molar-refractivity contribution is -0.160. The summed E-state index contributed by atoms with van der Waals surface area (Å²) < 4.78 is 16.5. The Labute approximate surface area is 177 Å². The van der Waals surface area contributed by atoms with Crippen LogP contribution in [0.2, 0.25) is 5.02 Å². The highest BCUT2D eigenvalue weighted by molar-refractivity contribution is 6.30. The van der Waals surface area contributed by atoms with Gasteiger partial charge in [-0.25, -0.2) is 4.79 Å². The molecule has 0 N–H and O–H groups in total. The van der Waals surface area contributed by atoms with Crippen molar-refractivity contribution in [3.8, 4) is 0 Å². The van der Waals surface area contributed by atoms with E-state index < -0.39 is 35.3 Å². The number of carbonyl (C=O) groups excluding carboxylic acids is 3. The van der Waals surface area contributed by atoms with E-state index >= 15 is 0 Å². The van der Waals surface area contributed by atoms with Crippen LogP contribution in [0.25, 0.3) is 0 Å². The van der Waals surface area contributed by atoms with Gasteiger partial charge < -0.3 is 14.2 Å². The first-order valence-electron chi connectivity index (χ1n) is 9.57. The van der Waals surface area contributed by atoms with E-state index in [2.05, 4.69) is 6.58 Å². The molecular formula is C23H17ClO6. The first-order chi connectivity index (χ1) is 14.5. The van der Waals surface area contributed by atoms with Gasteiger partial charge in [-0.1, -0.05) is 48.5 Å². The Hall–Kier alpha value is -2.96. The van der Waals surface area contributed by atoms with Crippen molar-refractivity contribution in [3.05, 3.63) is 82.4 Å². The van der Waals surface area contributed by atoms with Crippen LogP contribution in [0.4, 0.5) is 0 Å². The third-order valence-electron chi connectivity index (χ3n) is 6.15. The van der Waals surface area contributed by atoms with Gasteiger partial charge in [0.25, 0.3) is 0 Å². The molecule has 4 unspecified atom stereocenters. The van der Waals surface area contributed by atoms with Crippen LogP contribution in [0.15, 0.2) is 55.1 Å². The molecule has 30 heavy (non-hydrogen) atoms. The normalized spacial score (nSPS) is 27.7. The van der Waals surface area contributed by atoms with E-state index in [0.29, 0.717) is 5.02 Å². The fourth-order valence-corrected chi connectivity index (χ4v) is 5.34. The number of esters is 3. The Balaban J connectivity index is 1.69. The molecule has 2 aromatic rings. The number of cyclic esters (lactones) is 2. The summed E-state index contributed by atoms with van der Waals surface area (Å²) in [5.41, 5.74) is 2.08. The SMILES string of the molecule is C=CC(=O)OCCOC12c3ccccc3C(c3ccc(Cl)cc31)C1C(=O)OC(=O)C12. The lowest BCUT2D eigenvalue weighted by Gasteiger charge is -2.53. The maximum absolute atomic E-state index is 12.9. The number of carbonyl (C=O) groups is 3. The standard InChI is InChI=1S/C23H17ClO6/c1-2-17(25)28-9-10-29-23-15-6-4-3-5-13(15)18(14-8-7-12(24)11-16(14)23)19-20(23)22(27)30-21(19)26/h2-8,11,18-20H,1,9-10H2. The molecule has 0 radical (unpaired) electrons. The topological polar surface area (TPSA) is 78.9 Å². The largest absolute Gasteiger partial charge is 0.460 e. The summed E-state index contributed by atoms with van der Waals surface area (Å²) in [7, 11) is 0. The van der Waals surface area contributed by atoms with Gasteiger partial charge in [-0.15, -0.1) is 0 Å². The van der Waals surface area contributed by atoms with Crippen LogP contribution in [0.5, 0.6) is 0 Å². The van der Waals surface area contributed by atoms with Gasteiger partial charge in [0.15, 0.2) is 0 Å². The lowest BCUT2D eigenvalue weighted by Crippen LogP contribution is -2.55. The predicted molar refractivity (Wildman–Crippen MR) is 106 cm³/mol. The molecule has 0 aromatic heterocycles. The summed E-state index contributed by atoms with van der Waals surface area (Å²) in [6.45, 7) is 3.34. The predicted octanol–water partition coefficient (Wildman–Crippen LogP) is 3.10. The second kappa shape index (κ2) is 6.79. The Morgan fingerprint density at radius 2 is 1.87 bits per heavy atom. The van der Waals surface area contributed by atoms with Gasteiger partial charge in [-0.05, 0) is 34.4 Å². The van der Waals surface area contributed by atoms with Crippen LogP contribution in [0, 0.1) is 11.8 Å². The average Bonchev–Trinajstić information content (AvgIpc) is 3.06. The molecule has 1 aliphatic heterocycles. The molecule has 4 atom stereocenters. The molecule has 6 rings (SSSR count). The smallest absolute Gasteiger partial charge is 0.330 e. The van der Waals surface area contributed by atoms with Crippen molar-refractivity contribution in [1.29, 1.82) is 0 Å². The molecule has 7 heteroatoms. The molecule has 1 heterocycles. The molecule has 0 spiro atoms. The number of ether oxygens (including phenoxy) is 3. The van der Waals surface area contributed by atoms with E-state index in [4.69, 9.17) is 25.8 Å². The van der Waals surface area contributed by atoms with E-state index in [1.807, 2.05) is 30.3 Å². The van der Waals surface area contributed by atoms with Gasteiger partial charge in [0, 0.05) is 17.0 Å². The van der Waals surface area contributed by atoms with Crippen LogP contribution in [-0.2, 0) is 34.2 Å². The van der Waals surface area contributed by atoms with Crippen molar-refractivity contribution in [3.63, 3.8) is 0 Å². The molecule has 2 bridgehead atoms. The molecule has 0 saturated carbocycles. The highest BCUT2D eigenvalue weighted by Gasteiger charge is 2.68. The zero-order valence-corrected chi connectivity index (χ0v) is 16.6. The zero-order chi connectivity index (χ0) is 21.0. The van der Waals surface area contributed by atoms with Crippen molar-refractivity contribution in [2.24, 2.45) is 11.8 Å². The minimum atomic E-state index is -1.26. The van der Waals surface area contributed by atoms with Gasteiger partial charge >= 0.3 is 17.9 Å². The van der Waals surface area contributed by atoms with E-state index in [1.54, 1.807) is 12.1 Å². The summed E-state index contributed by atoms with van der Waals surface area (Å²) in [5, 5.41) is 0.495. The van der Waals surface area contributed by atoms with Gasteiger partial charge in [0.05, 0.1) is 12.5 Å². The molecule has 1 saturated heterocycles. The molecule has 6 nitrogen and oxygen atoms in total. The van der Waals surface area contributed by atoms with Gasteiger partial charge in [-0.3, -0.25) is 9.59 Å². The second-order valence-corrected chi connectivity index (χ2v) is 7.93. The Kier molecular flexibility index (Phi) is 4.31. The number of hydrogen-bond acceptors (Lipinski definition) is 6. The number of rotatable bonds is 5. The highest BCUT2D eigenvalue weighted by Crippen LogP contribution is 2.64. The van der Waals surface area contributed by atoms with Crippen LogP contribution in [-0.4, -0.2) is 31.1 Å². The maximum atomic E-state index is 12.9. The van der Waals surface area contributed by atoms with E-state index in [-0.39, 0.29) is 19.1 Å². The zero-order valence-electron chi connectivity index (χ0n) is 15.8. The van der Waals surface area contributed by atoms with Crippen molar-refractivity contribution in [1.82, 2.24) is 0 Å². The minimum Gasteiger partial charge on any atom is -0.460 e. The first kappa shape index (κ1) is 19.0. The Bertz CT molecular complexity index is 1110. The molecule has 152 valence electrons. The molecule has 1 fully saturated rings. The highest BCUT2D eigenvalue weighted by atomic mass is 35.5. The Morgan fingerprint density at radius 1 is 1.10 bits per heavy atom. The third-order valence-corrected chi connectivity index (χ3v) is 6.39. The molecule has 2 aromatic carbocycles. The summed E-state index contributed by atoms with van der Waals surface area (Å²) in [6.07, 6.45) is 1.07. The van der Waals surface area contributed by atoms with Crippen molar-refractivity contribution < 1.29 is 28.6 Å². The first-order valence-corrected chi connectivity index (χ1v) is 9.95. The van der Waals surface area contributed by atoms with Crippen molar-refractivity contribution in [2.75, 3.05) is 13.2 Å². The maximum Gasteiger partial charge on any atom is 0.330 e. The van der Waals surface area contributed by atoms with Crippen LogP contribution < -0.4 is 0 Å². The summed E-state index contributed by atoms with van der Waals surface area (Å²) in [5.74, 6) is -3.57. The fraction of sp³-hybridized carbons (Fsp3) is 0.261. The second-order valence-electron chi connectivity index (χ2n) is 7.50. The van der Waals surface area contributed by atoms with Crippen LogP contribution >= 0.6 is 11.6 Å². The minimum absolute atomic E-state index is 0.00915. The molecule has 4 aliphatic rings. The Morgan fingerprint density at radius 3 is 2.67 bits per heavy atom. The molecule has 0 amide bonds. The van der Waals surface area contributed by atoms with Gasteiger partial charge in [0.1, 0.15) is 18.1 Å². The van der Waals surface area contributed by atoms with Gasteiger partial charge in [-0.2, -0.15) is 0 Å². The van der Waals surface area contributed by atoms with Crippen LogP contribution in [0.3, 0.4) is 0 Å². The monoisotopic (exact) mass is 424 g/mol. The molecular weight excluding hydrogens is 408 g/mol. The lowest BCUT2D eigenvalue weighted by atomic mass is 9.52. The van der Waals surface area contributed by atoms with E-state index in [9.17, 15) is 14.4 Å². The number of hydrogen-bond donors (Lipinski definition) is 0.